The van der Waals surface area contributed by atoms with Crippen LogP contribution in [0.25, 0.3) is 0 Å². The third-order valence-electron chi connectivity index (χ3n) is 4.79. The summed E-state index contributed by atoms with van der Waals surface area (Å²) >= 11 is 1.31. The number of hydrogen-bond donors (Lipinski definition) is 1. The molecule has 2 heterocycles. The van der Waals surface area contributed by atoms with Gasteiger partial charge < -0.3 is 10.2 Å². The Hall–Kier alpha value is -2.61. The van der Waals surface area contributed by atoms with Crippen LogP contribution in [-0.2, 0) is 9.67 Å². The molecular formula is C19H17F2N3O2S. The molecule has 0 aliphatic carbocycles. The molecule has 1 saturated heterocycles. The van der Waals surface area contributed by atoms with Gasteiger partial charge in [-0.15, -0.1) is 11.8 Å². The third-order valence-corrected chi connectivity index (χ3v) is 6.21. The highest BCUT2D eigenvalue weighted by atomic mass is 32.2. The van der Waals surface area contributed by atoms with E-state index in [1.54, 1.807) is 17.0 Å². The molecule has 0 radical (unpaired) electrons. The van der Waals surface area contributed by atoms with Gasteiger partial charge in [-0.25, -0.2) is 13.6 Å². The number of carbonyl (C=O) groups is 2. The van der Waals surface area contributed by atoms with Crippen molar-refractivity contribution in [2.75, 3.05) is 29.1 Å². The van der Waals surface area contributed by atoms with Gasteiger partial charge in [-0.2, -0.15) is 0 Å². The fraction of sp³-hybridized carbons (Fsp3) is 0.263. The number of nitrogens with one attached hydrogen (secondary N) is 1. The Balaban J connectivity index is 1.74. The lowest BCUT2D eigenvalue weighted by atomic mass is 10.1. The second-order valence-electron chi connectivity index (χ2n) is 6.30. The van der Waals surface area contributed by atoms with E-state index in [0.29, 0.717) is 35.8 Å². The van der Waals surface area contributed by atoms with Crippen LogP contribution in [0, 0.1) is 11.6 Å². The van der Waals surface area contributed by atoms with Gasteiger partial charge in [0.2, 0.25) is 0 Å². The molecule has 1 spiro atoms. The molecule has 2 aromatic carbocycles. The van der Waals surface area contributed by atoms with Crippen molar-refractivity contribution in [3.63, 3.8) is 0 Å². The summed E-state index contributed by atoms with van der Waals surface area (Å²) in [7, 11) is 0. The molecule has 4 rings (SSSR count). The number of amides is 3. The minimum absolute atomic E-state index is 0.262. The van der Waals surface area contributed by atoms with E-state index in [4.69, 9.17) is 0 Å². The number of hydrogen-bond acceptors (Lipinski definition) is 3. The third kappa shape index (κ3) is 2.66. The quantitative estimate of drug-likeness (QED) is 0.851. The Morgan fingerprint density at radius 2 is 2.00 bits per heavy atom. The van der Waals surface area contributed by atoms with E-state index in [9.17, 15) is 18.4 Å². The number of benzene rings is 2. The van der Waals surface area contributed by atoms with Crippen molar-refractivity contribution in [3.8, 4) is 0 Å². The lowest BCUT2D eigenvalue weighted by molar-refractivity contribution is -0.123. The zero-order valence-electron chi connectivity index (χ0n) is 14.5. The largest absolute Gasteiger partial charge is 0.323 e. The first-order valence-corrected chi connectivity index (χ1v) is 9.56. The zero-order valence-corrected chi connectivity index (χ0v) is 15.4. The van der Waals surface area contributed by atoms with Crippen molar-refractivity contribution in [3.05, 3.63) is 59.7 Å². The number of halogens is 2. The van der Waals surface area contributed by atoms with Crippen LogP contribution in [0.15, 0.2) is 42.5 Å². The van der Waals surface area contributed by atoms with Crippen molar-refractivity contribution in [1.29, 1.82) is 0 Å². The molecule has 2 aliphatic rings. The molecule has 2 aromatic rings. The Labute approximate surface area is 159 Å². The van der Waals surface area contributed by atoms with Gasteiger partial charge in [0.1, 0.15) is 11.6 Å². The second kappa shape index (κ2) is 6.53. The highest BCUT2D eigenvalue weighted by Crippen LogP contribution is 2.54. The summed E-state index contributed by atoms with van der Waals surface area (Å²) in [6, 6.07) is 9.23. The van der Waals surface area contributed by atoms with Crippen LogP contribution in [0.2, 0.25) is 0 Å². The number of likely N-dealkylation sites (N-methyl/N-ethyl adjacent to an activating group) is 1. The Morgan fingerprint density at radius 1 is 1.22 bits per heavy atom. The van der Waals surface area contributed by atoms with Gasteiger partial charge in [0, 0.05) is 30.1 Å². The van der Waals surface area contributed by atoms with Crippen LogP contribution in [-0.4, -0.2) is 35.7 Å². The molecule has 0 aromatic heterocycles. The standard InChI is InChI=1S/C19H17F2N3O2S/c1-2-23-16-7-6-13(21)11-15(16)19(17(23)25)24(8-9-27-19)18(26)22-14-5-3-4-12(20)10-14/h3-7,10-11H,2,8-9H2,1H3,(H,22,26)/t19-/m1/s1. The predicted molar refractivity (Wildman–Crippen MR) is 101 cm³/mol. The van der Waals surface area contributed by atoms with Crippen molar-refractivity contribution >= 4 is 35.1 Å². The fourth-order valence-electron chi connectivity index (χ4n) is 3.66. The maximum atomic E-state index is 14.0. The number of nitrogens with zero attached hydrogens (tertiary/aromatic N) is 2. The summed E-state index contributed by atoms with van der Waals surface area (Å²) in [4.78, 5) is 27.9. The molecule has 27 heavy (non-hydrogen) atoms. The Bertz CT molecular complexity index is 939. The van der Waals surface area contributed by atoms with Crippen LogP contribution < -0.4 is 10.2 Å². The number of fused-ring (bicyclic) bond motifs is 2. The highest BCUT2D eigenvalue weighted by molar-refractivity contribution is 8.01. The topological polar surface area (TPSA) is 52.7 Å². The molecule has 1 fully saturated rings. The van der Waals surface area contributed by atoms with E-state index in [1.165, 1.54) is 47.0 Å². The molecule has 8 heteroatoms. The lowest BCUT2D eigenvalue weighted by Gasteiger charge is -2.33. The van der Waals surface area contributed by atoms with Crippen LogP contribution in [0.5, 0.6) is 0 Å². The van der Waals surface area contributed by atoms with E-state index in [0.717, 1.165) is 0 Å². The maximum Gasteiger partial charge on any atom is 0.323 e. The van der Waals surface area contributed by atoms with Crippen LogP contribution in [0.3, 0.4) is 0 Å². The Morgan fingerprint density at radius 3 is 2.74 bits per heavy atom. The van der Waals surface area contributed by atoms with Crippen molar-refractivity contribution in [1.82, 2.24) is 4.90 Å². The highest BCUT2D eigenvalue weighted by Gasteiger charge is 2.59. The lowest BCUT2D eigenvalue weighted by Crippen LogP contribution is -2.51. The number of rotatable bonds is 2. The van der Waals surface area contributed by atoms with Gasteiger partial charge in [-0.1, -0.05) is 6.07 Å². The number of anilines is 2. The summed E-state index contributed by atoms with van der Waals surface area (Å²) < 4.78 is 27.4. The van der Waals surface area contributed by atoms with Gasteiger partial charge in [-0.3, -0.25) is 9.69 Å². The summed E-state index contributed by atoms with van der Waals surface area (Å²) in [6.07, 6.45) is 0. The molecule has 2 aliphatic heterocycles. The van der Waals surface area contributed by atoms with E-state index >= 15 is 0 Å². The van der Waals surface area contributed by atoms with Crippen molar-refractivity contribution in [2.45, 2.75) is 11.8 Å². The van der Waals surface area contributed by atoms with Crippen molar-refractivity contribution in [2.24, 2.45) is 0 Å². The summed E-state index contributed by atoms with van der Waals surface area (Å²) in [5.41, 5.74) is 1.39. The number of urea groups is 1. The first kappa shape index (κ1) is 17.8. The maximum absolute atomic E-state index is 14.0. The molecule has 5 nitrogen and oxygen atoms in total. The molecule has 0 saturated carbocycles. The number of thioether (sulfide) groups is 1. The average molecular weight is 389 g/mol. The van der Waals surface area contributed by atoms with Crippen molar-refractivity contribution < 1.29 is 18.4 Å². The van der Waals surface area contributed by atoms with E-state index in [2.05, 4.69) is 5.32 Å². The summed E-state index contributed by atoms with van der Waals surface area (Å²) in [5, 5.41) is 2.64. The van der Waals surface area contributed by atoms with Gasteiger partial charge >= 0.3 is 6.03 Å². The van der Waals surface area contributed by atoms with E-state index in [1.807, 2.05) is 6.92 Å². The molecule has 140 valence electrons. The van der Waals surface area contributed by atoms with Gasteiger partial charge in [0.15, 0.2) is 4.87 Å². The van der Waals surface area contributed by atoms with Gasteiger partial charge in [-0.05, 0) is 43.3 Å². The molecular weight excluding hydrogens is 372 g/mol. The van der Waals surface area contributed by atoms with E-state index in [-0.39, 0.29) is 5.91 Å². The molecule has 3 amide bonds. The summed E-state index contributed by atoms with van der Waals surface area (Å²) in [6.45, 7) is 2.57. The normalized spacial score (nSPS) is 21.1. The second-order valence-corrected chi connectivity index (χ2v) is 7.58. The summed E-state index contributed by atoms with van der Waals surface area (Å²) in [5.74, 6) is -0.658. The van der Waals surface area contributed by atoms with E-state index < -0.39 is 22.5 Å². The molecule has 0 unspecified atom stereocenters. The fourth-order valence-corrected chi connectivity index (χ4v) is 5.11. The van der Waals surface area contributed by atoms with Crippen LogP contribution >= 0.6 is 11.8 Å². The zero-order chi connectivity index (χ0) is 19.2. The molecule has 1 atom stereocenters. The van der Waals surface area contributed by atoms with Crippen LogP contribution in [0.1, 0.15) is 12.5 Å². The SMILES string of the molecule is CCN1C(=O)[C@]2(SCCN2C(=O)Nc2cccc(F)c2)c2cc(F)ccc21. The Kier molecular flexibility index (Phi) is 4.30. The minimum Gasteiger partial charge on any atom is -0.309 e. The molecule has 1 N–H and O–H groups in total. The first-order chi connectivity index (χ1) is 13.0. The van der Waals surface area contributed by atoms with Gasteiger partial charge in [0.05, 0.1) is 5.69 Å². The predicted octanol–water partition coefficient (Wildman–Crippen LogP) is 3.77. The van der Waals surface area contributed by atoms with Gasteiger partial charge in [0.25, 0.3) is 5.91 Å². The molecule has 0 bridgehead atoms. The van der Waals surface area contributed by atoms with Crippen LogP contribution in [0.4, 0.5) is 25.0 Å². The average Bonchev–Trinajstić information content (AvgIpc) is 3.17. The smallest absolute Gasteiger partial charge is 0.309 e. The first-order valence-electron chi connectivity index (χ1n) is 8.57. The number of carbonyl (C=O) groups excluding carboxylic acids is 2. The monoisotopic (exact) mass is 389 g/mol. The minimum atomic E-state index is -1.30.